The van der Waals surface area contributed by atoms with Crippen molar-refractivity contribution in [2.75, 3.05) is 10.2 Å². The Hall–Kier alpha value is -2.56. The van der Waals surface area contributed by atoms with E-state index in [2.05, 4.69) is 41.2 Å². The van der Waals surface area contributed by atoms with E-state index < -0.39 is 11.7 Å². The monoisotopic (exact) mass is 341 g/mol. The third-order valence-electron chi connectivity index (χ3n) is 3.51. The zero-order chi connectivity index (χ0) is 18.4. The summed E-state index contributed by atoms with van der Waals surface area (Å²) in [4.78, 5) is 18.5. The van der Waals surface area contributed by atoms with E-state index in [0.29, 0.717) is 11.7 Å². The van der Waals surface area contributed by atoms with Gasteiger partial charge in [-0.25, -0.2) is 9.78 Å². The molecule has 0 bridgehead atoms. The number of amides is 1. The lowest BCUT2D eigenvalue weighted by atomic mass is 10.2. The van der Waals surface area contributed by atoms with Gasteiger partial charge in [0.15, 0.2) is 0 Å². The number of rotatable bonds is 5. The van der Waals surface area contributed by atoms with Crippen LogP contribution in [0.3, 0.4) is 0 Å². The van der Waals surface area contributed by atoms with E-state index in [0.717, 1.165) is 12.4 Å². The molecule has 134 valence electrons. The van der Waals surface area contributed by atoms with Gasteiger partial charge in [0.1, 0.15) is 11.4 Å². The van der Waals surface area contributed by atoms with Crippen molar-refractivity contribution in [2.45, 2.75) is 52.8 Å². The molecule has 0 atom stereocenters. The van der Waals surface area contributed by atoms with Crippen LogP contribution in [0.2, 0.25) is 0 Å². The summed E-state index contributed by atoms with van der Waals surface area (Å²) in [5.41, 5.74) is 1.32. The summed E-state index contributed by atoms with van der Waals surface area (Å²) in [6, 6.07) is 14.4. The fourth-order valence-corrected chi connectivity index (χ4v) is 2.36. The van der Waals surface area contributed by atoms with Gasteiger partial charge in [0.05, 0.1) is 11.9 Å². The molecule has 0 saturated heterocycles. The highest BCUT2D eigenvalue weighted by Gasteiger charge is 2.17. The lowest BCUT2D eigenvalue weighted by Gasteiger charge is -2.28. The first-order chi connectivity index (χ1) is 11.7. The van der Waals surface area contributed by atoms with Crippen LogP contribution in [-0.2, 0) is 11.3 Å². The fourth-order valence-electron chi connectivity index (χ4n) is 2.36. The smallest absolute Gasteiger partial charge is 0.412 e. The van der Waals surface area contributed by atoms with Crippen molar-refractivity contribution < 1.29 is 9.53 Å². The second-order valence-corrected chi connectivity index (χ2v) is 7.24. The Bertz CT molecular complexity index is 676. The van der Waals surface area contributed by atoms with Crippen molar-refractivity contribution in [1.82, 2.24) is 4.98 Å². The summed E-state index contributed by atoms with van der Waals surface area (Å²) in [5.74, 6) is 0.869. The minimum absolute atomic E-state index is 0.303. The molecular formula is C20H27N3O2. The zero-order valence-corrected chi connectivity index (χ0v) is 15.6. The Morgan fingerprint density at radius 3 is 2.36 bits per heavy atom. The highest BCUT2D eigenvalue weighted by molar-refractivity contribution is 5.84. The third kappa shape index (κ3) is 6.10. The summed E-state index contributed by atoms with van der Waals surface area (Å²) in [7, 11) is 0. The van der Waals surface area contributed by atoms with E-state index in [4.69, 9.17) is 4.74 Å². The number of benzene rings is 1. The Morgan fingerprint density at radius 1 is 1.16 bits per heavy atom. The molecule has 0 fully saturated rings. The first-order valence-electron chi connectivity index (χ1n) is 8.51. The molecule has 0 aliphatic carbocycles. The molecule has 2 rings (SSSR count). The molecule has 0 aliphatic heterocycles. The molecule has 2 aromatic rings. The lowest BCUT2D eigenvalue weighted by molar-refractivity contribution is 0.0636. The maximum absolute atomic E-state index is 11.8. The van der Waals surface area contributed by atoms with E-state index in [1.54, 1.807) is 6.20 Å². The van der Waals surface area contributed by atoms with Crippen LogP contribution in [0, 0.1) is 0 Å². The van der Waals surface area contributed by atoms with Crippen LogP contribution in [-0.4, -0.2) is 22.7 Å². The Balaban J connectivity index is 2.07. The predicted octanol–water partition coefficient (Wildman–Crippen LogP) is 4.84. The molecule has 1 N–H and O–H groups in total. The number of nitrogens with one attached hydrogen (secondary N) is 1. The zero-order valence-electron chi connectivity index (χ0n) is 15.6. The lowest BCUT2D eigenvalue weighted by Crippen LogP contribution is -2.31. The second kappa shape index (κ2) is 8.01. The molecule has 25 heavy (non-hydrogen) atoms. The largest absolute Gasteiger partial charge is 0.444 e. The molecule has 0 spiro atoms. The van der Waals surface area contributed by atoms with Gasteiger partial charge < -0.3 is 9.64 Å². The van der Waals surface area contributed by atoms with Crippen molar-refractivity contribution in [3.8, 4) is 0 Å². The standard InChI is InChI=1S/C20H27N3O2/c1-15(2)23(14-16-9-7-6-8-10-16)18-12-11-17(13-21-18)22-19(24)25-20(3,4)5/h6-13,15H,14H2,1-5H3,(H,22,24). The predicted molar refractivity (Wildman–Crippen MR) is 102 cm³/mol. The number of aromatic nitrogens is 1. The highest BCUT2D eigenvalue weighted by Crippen LogP contribution is 2.20. The van der Waals surface area contributed by atoms with Gasteiger partial charge in [-0.2, -0.15) is 0 Å². The Labute approximate surface area is 150 Å². The minimum atomic E-state index is -0.526. The first-order valence-corrected chi connectivity index (χ1v) is 8.51. The molecule has 5 nitrogen and oxygen atoms in total. The van der Waals surface area contributed by atoms with Crippen molar-refractivity contribution in [3.63, 3.8) is 0 Å². The SMILES string of the molecule is CC(C)N(Cc1ccccc1)c1ccc(NC(=O)OC(C)(C)C)cn1. The van der Waals surface area contributed by atoms with Crippen LogP contribution in [0.1, 0.15) is 40.2 Å². The van der Waals surface area contributed by atoms with Gasteiger partial charge in [-0.3, -0.25) is 5.32 Å². The number of anilines is 2. The number of ether oxygens (including phenoxy) is 1. The number of hydrogen-bond donors (Lipinski definition) is 1. The molecule has 0 unspecified atom stereocenters. The maximum atomic E-state index is 11.8. The van der Waals surface area contributed by atoms with Gasteiger partial charge in [-0.05, 0) is 52.3 Å². The Kier molecular flexibility index (Phi) is 6.02. The topological polar surface area (TPSA) is 54.5 Å². The molecule has 1 aromatic carbocycles. The van der Waals surface area contributed by atoms with Crippen LogP contribution in [0.5, 0.6) is 0 Å². The van der Waals surface area contributed by atoms with Crippen LogP contribution in [0.4, 0.5) is 16.3 Å². The average Bonchev–Trinajstić information content (AvgIpc) is 2.52. The summed E-state index contributed by atoms with van der Waals surface area (Å²) < 4.78 is 5.25. The molecule has 0 aliphatic rings. The number of pyridine rings is 1. The number of carbonyl (C=O) groups excluding carboxylic acids is 1. The summed E-state index contributed by atoms with van der Waals surface area (Å²) in [6.45, 7) is 10.5. The quantitative estimate of drug-likeness (QED) is 0.845. The van der Waals surface area contributed by atoms with Gasteiger partial charge in [0, 0.05) is 12.6 Å². The number of nitrogens with zero attached hydrogens (tertiary/aromatic N) is 2. The van der Waals surface area contributed by atoms with Crippen molar-refractivity contribution in [2.24, 2.45) is 0 Å². The van der Waals surface area contributed by atoms with E-state index in [9.17, 15) is 4.79 Å². The summed E-state index contributed by atoms with van der Waals surface area (Å²) >= 11 is 0. The van der Waals surface area contributed by atoms with Gasteiger partial charge in [0.2, 0.25) is 0 Å². The van der Waals surface area contributed by atoms with Crippen LogP contribution in [0.15, 0.2) is 48.7 Å². The average molecular weight is 341 g/mol. The molecule has 1 aromatic heterocycles. The molecule has 5 heteroatoms. The van der Waals surface area contributed by atoms with Gasteiger partial charge in [-0.15, -0.1) is 0 Å². The first kappa shape index (κ1) is 18.8. The second-order valence-electron chi connectivity index (χ2n) is 7.24. The molecule has 1 amide bonds. The van der Waals surface area contributed by atoms with Crippen LogP contribution >= 0.6 is 0 Å². The van der Waals surface area contributed by atoms with E-state index in [1.807, 2.05) is 51.1 Å². The summed E-state index contributed by atoms with van der Waals surface area (Å²) in [6.07, 6.45) is 1.17. The Morgan fingerprint density at radius 2 is 1.84 bits per heavy atom. The van der Waals surface area contributed by atoms with Crippen molar-refractivity contribution in [1.29, 1.82) is 0 Å². The number of hydrogen-bond acceptors (Lipinski definition) is 4. The minimum Gasteiger partial charge on any atom is -0.444 e. The summed E-state index contributed by atoms with van der Waals surface area (Å²) in [5, 5.41) is 2.70. The van der Waals surface area contributed by atoms with Crippen molar-refractivity contribution in [3.05, 3.63) is 54.2 Å². The van der Waals surface area contributed by atoms with Gasteiger partial charge in [-0.1, -0.05) is 30.3 Å². The van der Waals surface area contributed by atoms with Gasteiger partial charge in [0.25, 0.3) is 0 Å². The highest BCUT2D eigenvalue weighted by atomic mass is 16.6. The van der Waals surface area contributed by atoms with E-state index >= 15 is 0 Å². The molecule has 1 heterocycles. The normalized spacial score (nSPS) is 11.3. The molecule has 0 radical (unpaired) electrons. The van der Waals surface area contributed by atoms with Crippen molar-refractivity contribution >= 4 is 17.6 Å². The molecule has 0 saturated carbocycles. The maximum Gasteiger partial charge on any atom is 0.412 e. The third-order valence-corrected chi connectivity index (χ3v) is 3.51. The van der Waals surface area contributed by atoms with E-state index in [1.165, 1.54) is 5.56 Å². The van der Waals surface area contributed by atoms with Gasteiger partial charge >= 0.3 is 6.09 Å². The number of carbonyl (C=O) groups is 1. The van der Waals surface area contributed by atoms with E-state index in [-0.39, 0.29) is 0 Å². The van der Waals surface area contributed by atoms with Crippen LogP contribution in [0.25, 0.3) is 0 Å². The molecular weight excluding hydrogens is 314 g/mol. The fraction of sp³-hybridized carbons (Fsp3) is 0.400. The van der Waals surface area contributed by atoms with Crippen LogP contribution < -0.4 is 10.2 Å².